The Morgan fingerprint density at radius 2 is 2.27 bits per heavy atom. The molecule has 1 aliphatic rings. The van der Waals surface area contributed by atoms with Gasteiger partial charge in [-0.1, -0.05) is 0 Å². The van der Waals surface area contributed by atoms with E-state index in [2.05, 4.69) is 30.5 Å². The molecule has 0 bridgehead atoms. The molecule has 3 aromatic rings. The number of anilines is 2. The van der Waals surface area contributed by atoms with Gasteiger partial charge in [0.15, 0.2) is 0 Å². The van der Waals surface area contributed by atoms with E-state index in [9.17, 15) is 4.79 Å². The molecule has 2 N–H and O–H groups in total. The average Bonchev–Trinajstić information content (AvgIpc) is 3.02. The van der Waals surface area contributed by atoms with Crippen LogP contribution in [0.4, 0.5) is 16.3 Å². The zero-order valence-corrected chi connectivity index (χ0v) is 15.3. The van der Waals surface area contributed by atoms with Crippen molar-refractivity contribution in [3.05, 3.63) is 41.8 Å². The number of benzene rings is 1. The molecule has 0 spiro atoms. The first kappa shape index (κ1) is 16.7. The number of urea groups is 1. The summed E-state index contributed by atoms with van der Waals surface area (Å²) in [5, 5.41) is 7.02. The number of thiazole rings is 1. The Labute approximate surface area is 155 Å². The lowest BCUT2D eigenvalue weighted by molar-refractivity contribution is 0.246. The van der Waals surface area contributed by atoms with Crippen LogP contribution in [0.15, 0.2) is 36.8 Å². The first-order valence-electron chi connectivity index (χ1n) is 8.63. The van der Waals surface area contributed by atoms with Gasteiger partial charge in [0.1, 0.15) is 5.82 Å². The number of amides is 2. The van der Waals surface area contributed by atoms with Gasteiger partial charge in [0, 0.05) is 37.2 Å². The van der Waals surface area contributed by atoms with Crippen LogP contribution in [0.5, 0.6) is 0 Å². The fourth-order valence-electron chi connectivity index (χ4n) is 3.23. The van der Waals surface area contributed by atoms with Crippen LogP contribution in [0.3, 0.4) is 0 Å². The van der Waals surface area contributed by atoms with Crippen LogP contribution in [0, 0.1) is 6.92 Å². The predicted molar refractivity (Wildman–Crippen MR) is 104 cm³/mol. The van der Waals surface area contributed by atoms with Gasteiger partial charge in [-0.3, -0.25) is 4.98 Å². The van der Waals surface area contributed by atoms with Crippen LogP contribution in [0.1, 0.15) is 17.8 Å². The minimum atomic E-state index is -0.184. The monoisotopic (exact) mass is 368 g/mol. The minimum absolute atomic E-state index is 0.0835. The molecule has 26 heavy (non-hydrogen) atoms. The number of carbonyl (C=O) groups excluding carboxylic acids is 1. The summed E-state index contributed by atoms with van der Waals surface area (Å²) in [6.07, 6.45) is 7.08. The summed E-state index contributed by atoms with van der Waals surface area (Å²) < 4.78 is 1.08. The van der Waals surface area contributed by atoms with Crippen molar-refractivity contribution < 1.29 is 4.79 Å². The summed E-state index contributed by atoms with van der Waals surface area (Å²) in [5.74, 6) is 0.852. The van der Waals surface area contributed by atoms with Crippen molar-refractivity contribution >= 4 is 39.1 Å². The van der Waals surface area contributed by atoms with Crippen LogP contribution in [0.25, 0.3) is 10.2 Å². The SMILES string of the molecule is Cc1nc2ccc(NC(=O)N[C@H]3CCCN(c4cnccn4)C3)cc2s1. The van der Waals surface area contributed by atoms with Crippen molar-refractivity contribution in [1.29, 1.82) is 0 Å². The van der Waals surface area contributed by atoms with Crippen molar-refractivity contribution in [1.82, 2.24) is 20.3 Å². The smallest absolute Gasteiger partial charge is 0.319 e. The van der Waals surface area contributed by atoms with Crippen molar-refractivity contribution in [3.63, 3.8) is 0 Å². The number of aryl methyl sites for hydroxylation is 1. The van der Waals surface area contributed by atoms with Gasteiger partial charge in [-0.25, -0.2) is 14.8 Å². The molecule has 3 heterocycles. The Morgan fingerprint density at radius 1 is 1.35 bits per heavy atom. The van der Waals surface area contributed by atoms with E-state index in [1.165, 1.54) is 0 Å². The molecule has 2 aromatic heterocycles. The molecule has 1 aliphatic heterocycles. The molecule has 134 valence electrons. The first-order chi connectivity index (χ1) is 12.7. The van der Waals surface area contributed by atoms with Crippen LogP contribution in [-0.4, -0.2) is 40.1 Å². The molecule has 0 aliphatic carbocycles. The molecule has 0 saturated carbocycles. The van der Waals surface area contributed by atoms with E-state index >= 15 is 0 Å². The summed E-state index contributed by atoms with van der Waals surface area (Å²) >= 11 is 1.62. The van der Waals surface area contributed by atoms with Gasteiger partial charge in [-0.2, -0.15) is 0 Å². The molecule has 2 amide bonds. The lowest BCUT2D eigenvalue weighted by atomic mass is 10.1. The van der Waals surface area contributed by atoms with Crippen LogP contribution in [0.2, 0.25) is 0 Å². The Kier molecular flexibility index (Phi) is 4.66. The Morgan fingerprint density at radius 3 is 3.12 bits per heavy atom. The molecular weight excluding hydrogens is 348 g/mol. The number of nitrogens with one attached hydrogen (secondary N) is 2. The van der Waals surface area contributed by atoms with Crippen molar-refractivity contribution in [2.75, 3.05) is 23.3 Å². The minimum Gasteiger partial charge on any atom is -0.353 e. The highest BCUT2D eigenvalue weighted by Gasteiger charge is 2.22. The van der Waals surface area contributed by atoms with E-state index in [1.807, 2.05) is 25.1 Å². The van der Waals surface area contributed by atoms with E-state index in [1.54, 1.807) is 29.9 Å². The zero-order valence-electron chi connectivity index (χ0n) is 14.5. The fourth-order valence-corrected chi connectivity index (χ4v) is 4.09. The quantitative estimate of drug-likeness (QED) is 0.742. The molecule has 1 saturated heterocycles. The van der Waals surface area contributed by atoms with Crippen LogP contribution < -0.4 is 15.5 Å². The van der Waals surface area contributed by atoms with Gasteiger partial charge in [0.2, 0.25) is 0 Å². The Balaban J connectivity index is 1.37. The molecule has 1 aromatic carbocycles. The van der Waals surface area contributed by atoms with Crippen LogP contribution in [-0.2, 0) is 0 Å². The molecule has 1 atom stereocenters. The molecule has 0 radical (unpaired) electrons. The number of piperidine rings is 1. The number of fused-ring (bicyclic) bond motifs is 1. The normalized spacial score (nSPS) is 17.3. The van der Waals surface area contributed by atoms with Crippen molar-refractivity contribution in [2.45, 2.75) is 25.8 Å². The maximum absolute atomic E-state index is 12.4. The first-order valence-corrected chi connectivity index (χ1v) is 9.45. The van der Waals surface area contributed by atoms with Gasteiger partial charge in [0.25, 0.3) is 0 Å². The Hall–Kier alpha value is -2.74. The summed E-state index contributed by atoms with van der Waals surface area (Å²) in [6.45, 7) is 3.65. The number of hydrogen-bond acceptors (Lipinski definition) is 6. The molecular formula is C18H20N6OS. The van der Waals surface area contributed by atoms with Crippen molar-refractivity contribution in [3.8, 4) is 0 Å². The van der Waals surface area contributed by atoms with Gasteiger partial charge in [-0.05, 0) is 38.0 Å². The molecule has 4 rings (SSSR count). The molecule has 0 unspecified atom stereocenters. The van der Waals surface area contributed by atoms with Gasteiger partial charge in [-0.15, -0.1) is 11.3 Å². The van der Waals surface area contributed by atoms with Gasteiger partial charge < -0.3 is 15.5 Å². The summed E-state index contributed by atoms with van der Waals surface area (Å²) in [6, 6.07) is 5.68. The standard InChI is InChI=1S/C18H20N6OS/c1-12-21-15-5-4-13(9-16(15)26-12)22-18(25)23-14-3-2-8-24(11-14)17-10-19-6-7-20-17/h4-7,9-10,14H,2-3,8,11H2,1H3,(H2,22,23,25)/t14-/m0/s1. The van der Waals surface area contributed by atoms with Gasteiger partial charge in [0.05, 0.1) is 21.4 Å². The number of rotatable bonds is 3. The second kappa shape index (κ2) is 7.25. The van der Waals surface area contributed by atoms with E-state index < -0.39 is 0 Å². The van der Waals surface area contributed by atoms with E-state index in [0.29, 0.717) is 0 Å². The third kappa shape index (κ3) is 3.75. The van der Waals surface area contributed by atoms with Crippen LogP contribution >= 0.6 is 11.3 Å². The number of aromatic nitrogens is 3. The molecule has 7 nitrogen and oxygen atoms in total. The largest absolute Gasteiger partial charge is 0.353 e. The lowest BCUT2D eigenvalue weighted by Gasteiger charge is -2.33. The fraction of sp³-hybridized carbons (Fsp3) is 0.333. The molecule has 1 fully saturated rings. The summed E-state index contributed by atoms with van der Waals surface area (Å²) in [4.78, 5) is 27.4. The van der Waals surface area contributed by atoms with E-state index in [4.69, 9.17) is 0 Å². The Bertz CT molecular complexity index is 912. The second-order valence-electron chi connectivity index (χ2n) is 6.36. The highest BCUT2D eigenvalue weighted by Crippen LogP contribution is 2.24. The third-order valence-corrected chi connectivity index (χ3v) is 5.32. The number of nitrogens with zero attached hydrogens (tertiary/aromatic N) is 4. The second-order valence-corrected chi connectivity index (χ2v) is 7.60. The highest BCUT2D eigenvalue weighted by atomic mass is 32.1. The zero-order chi connectivity index (χ0) is 17.9. The third-order valence-electron chi connectivity index (χ3n) is 4.38. The van der Waals surface area contributed by atoms with Gasteiger partial charge >= 0.3 is 6.03 Å². The van der Waals surface area contributed by atoms with E-state index in [0.717, 1.165) is 52.7 Å². The maximum Gasteiger partial charge on any atom is 0.319 e. The number of hydrogen-bond donors (Lipinski definition) is 2. The topological polar surface area (TPSA) is 83.0 Å². The average molecular weight is 368 g/mol. The lowest BCUT2D eigenvalue weighted by Crippen LogP contribution is -2.49. The summed E-state index contributed by atoms with van der Waals surface area (Å²) in [5.41, 5.74) is 1.74. The molecule has 8 heteroatoms. The summed E-state index contributed by atoms with van der Waals surface area (Å²) in [7, 11) is 0. The highest BCUT2D eigenvalue weighted by molar-refractivity contribution is 7.18. The maximum atomic E-state index is 12.4. The van der Waals surface area contributed by atoms with Crippen molar-refractivity contribution in [2.24, 2.45) is 0 Å². The number of carbonyl (C=O) groups is 1. The predicted octanol–water partition coefficient (Wildman–Crippen LogP) is 3.19. The van der Waals surface area contributed by atoms with E-state index in [-0.39, 0.29) is 12.1 Å².